The number of benzodiazepines with no additional fused rings is 1. The van der Waals surface area contributed by atoms with Crippen LogP contribution in [0.1, 0.15) is 69.8 Å². The summed E-state index contributed by atoms with van der Waals surface area (Å²) < 4.78 is 0. The third-order valence-corrected chi connectivity index (χ3v) is 6.72. The molecule has 162 valence electrons. The number of carbonyl (C=O) groups is 2. The summed E-state index contributed by atoms with van der Waals surface area (Å²) in [5.41, 5.74) is 1.83. The Kier molecular flexibility index (Phi) is 6.70. The summed E-state index contributed by atoms with van der Waals surface area (Å²) in [5, 5.41) is 2.96. The van der Waals surface area contributed by atoms with Crippen molar-refractivity contribution in [2.24, 2.45) is 10.9 Å². The van der Waals surface area contributed by atoms with Crippen LogP contribution < -0.4 is 10.2 Å². The van der Waals surface area contributed by atoms with Crippen molar-refractivity contribution in [3.8, 4) is 0 Å². The first kappa shape index (κ1) is 20.9. The number of carbonyl (C=O) groups excluding carboxylic acids is 2. The van der Waals surface area contributed by atoms with Crippen LogP contribution in [0.3, 0.4) is 0 Å². The van der Waals surface area contributed by atoms with E-state index in [-0.39, 0.29) is 11.8 Å². The average Bonchev–Trinajstić information content (AvgIpc) is 3.09. The number of likely N-dealkylation sites (tertiary alicyclic amines) is 1. The largest absolute Gasteiger partial charge is 0.356 e. The number of amidine groups is 1. The molecule has 3 aliphatic rings. The lowest BCUT2D eigenvalue weighted by Crippen LogP contribution is -2.46. The first-order chi connectivity index (χ1) is 14.6. The van der Waals surface area contributed by atoms with E-state index < -0.39 is 6.17 Å². The maximum Gasteiger partial charge on any atom is 0.272 e. The minimum absolute atomic E-state index is 0.0569. The zero-order valence-corrected chi connectivity index (χ0v) is 18.1. The zero-order chi connectivity index (χ0) is 20.9. The SMILES string of the molecule is CN1C(=O)C(NC(=O)CC2CCCCC2)N=C(N2CCCCCC2)c2ccccc21. The molecule has 1 aromatic rings. The highest BCUT2D eigenvalue weighted by Crippen LogP contribution is 2.28. The lowest BCUT2D eigenvalue weighted by atomic mass is 9.87. The molecule has 1 aliphatic carbocycles. The highest BCUT2D eigenvalue weighted by molar-refractivity contribution is 6.12. The predicted octanol–water partition coefficient (Wildman–Crippen LogP) is 3.70. The molecule has 0 radical (unpaired) electrons. The molecule has 2 fully saturated rings. The van der Waals surface area contributed by atoms with Gasteiger partial charge >= 0.3 is 0 Å². The van der Waals surface area contributed by atoms with Gasteiger partial charge in [-0.25, -0.2) is 4.99 Å². The number of benzene rings is 1. The van der Waals surface area contributed by atoms with E-state index in [2.05, 4.69) is 10.2 Å². The van der Waals surface area contributed by atoms with E-state index in [0.717, 1.165) is 55.9 Å². The summed E-state index contributed by atoms with van der Waals surface area (Å²) >= 11 is 0. The molecule has 1 N–H and O–H groups in total. The van der Waals surface area contributed by atoms with Crippen LogP contribution in [0.4, 0.5) is 5.69 Å². The van der Waals surface area contributed by atoms with Gasteiger partial charge in [-0.1, -0.05) is 44.2 Å². The number of likely N-dealkylation sites (N-methyl/N-ethyl adjacent to an activating group) is 1. The summed E-state index contributed by atoms with van der Waals surface area (Å²) in [5.74, 6) is 1.04. The molecule has 0 bridgehead atoms. The molecule has 1 saturated carbocycles. The highest BCUT2D eigenvalue weighted by atomic mass is 16.2. The Morgan fingerprint density at radius 3 is 2.43 bits per heavy atom. The number of aliphatic imine (C=N–C) groups is 1. The molecule has 30 heavy (non-hydrogen) atoms. The monoisotopic (exact) mass is 410 g/mol. The van der Waals surface area contributed by atoms with Crippen molar-refractivity contribution in [2.75, 3.05) is 25.0 Å². The van der Waals surface area contributed by atoms with Gasteiger partial charge in [0.2, 0.25) is 12.1 Å². The van der Waals surface area contributed by atoms with Crippen LogP contribution in [-0.2, 0) is 9.59 Å². The summed E-state index contributed by atoms with van der Waals surface area (Å²) in [7, 11) is 1.78. The van der Waals surface area contributed by atoms with E-state index in [0.29, 0.717) is 12.3 Å². The van der Waals surface area contributed by atoms with E-state index in [9.17, 15) is 9.59 Å². The Labute approximate surface area is 179 Å². The highest BCUT2D eigenvalue weighted by Gasteiger charge is 2.32. The molecule has 1 aromatic carbocycles. The van der Waals surface area contributed by atoms with Crippen LogP contribution in [0.25, 0.3) is 0 Å². The molecule has 1 atom stereocenters. The quantitative estimate of drug-likeness (QED) is 0.826. The topological polar surface area (TPSA) is 65.0 Å². The first-order valence-electron chi connectivity index (χ1n) is 11.6. The Balaban J connectivity index is 1.60. The van der Waals surface area contributed by atoms with Gasteiger partial charge in [0.25, 0.3) is 5.91 Å². The fraction of sp³-hybridized carbons (Fsp3) is 0.625. The smallest absolute Gasteiger partial charge is 0.272 e. The molecule has 1 unspecified atom stereocenters. The average molecular weight is 411 g/mol. The second kappa shape index (κ2) is 9.63. The number of amides is 2. The van der Waals surface area contributed by atoms with E-state index in [1.807, 2.05) is 24.3 Å². The van der Waals surface area contributed by atoms with Crippen LogP contribution in [0.5, 0.6) is 0 Å². The molecule has 1 saturated heterocycles. The van der Waals surface area contributed by atoms with Crippen molar-refractivity contribution in [1.29, 1.82) is 0 Å². The molecule has 4 rings (SSSR count). The molecule has 0 aromatic heterocycles. The van der Waals surface area contributed by atoms with Crippen LogP contribution in [0.15, 0.2) is 29.3 Å². The van der Waals surface area contributed by atoms with Gasteiger partial charge in [-0.3, -0.25) is 9.59 Å². The van der Waals surface area contributed by atoms with Gasteiger partial charge in [0, 0.05) is 32.1 Å². The first-order valence-corrected chi connectivity index (χ1v) is 11.6. The van der Waals surface area contributed by atoms with Gasteiger partial charge < -0.3 is 15.1 Å². The normalized spacial score (nSPS) is 23.3. The predicted molar refractivity (Wildman–Crippen MR) is 120 cm³/mol. The number of fused-ring (bicyclic) bond motifs is 1. The molecule has 6 nitrogen and oxygen atoms in total. The maximum atomic E-state index is 13.2. The number of hydrogen-bond acceptors (Lipinski definition) is 4. The van der Waals surface area contributed by atoms with E-state index in [1.54, 1.807) is 11.9 Å². The van der Waals surface area contributed by atoms with E-state index in [4.69, 9.17) is 4.99 Å². The number of rotatable bonds is 3. The van der Waals surface area contributed by atoms with Gasteiger partial charge in [-0.15, -0.1) is 0 Å². The lowest BCUT2D eigenvalue weighted by molar-refractivity contribution is -0.128. The Bertz CT molecular complexity index is 792. The van der Waals surface area contributed by atoms with Crippen LogP contribution in [-0.4, -0.2) is 48.9 Å². The number of para-hydroxylation sites is 1. The number of nitrogens with zero attached hydrogens (tertiary/aromatic N) is 3. The third kappa shape index (κ3) is 4.68. The second-order valence-electron chi connectivity index (χ2n) is 8.95. The van der Waals surface area contributed by atoms with Gasteiger partial charge in [-0.2, -0.15) is 0 Å². The molecular formula is C24H34N4O2. The minimum Gasteiger partial charge on any atom is -0.356 e. The molecule has 2 amide bonds. The Hall–Kier alpha value is -2.37. The number of hydrogen-bond donors (Lipinski definition) is 1. The summed E-state index contributed by atoms with van der Waals surface area (Å²) in [6.45, 7) is 1.88. The van der Waals surface area contributed by atoms with Crippen molar-refractivity contribution in [3.63, 3.8) is 0 Å². The van der Waals surface area contributed by atoms with E-state index in [1.165, 1.54) is 32.1 Å². The maximum absolute atomic E-state index is 13.2. The molecular weight excluding hydrogens is 376 g/mol. The van der Waals surface area contributed by atoms with Crippen LogP contribution >= 0.6 is 0 Å². The lowest BCUT2D eigenvalue weighted by Gasteiger charge is -2.26. The summed E-state index contributed by atoms with van der Waals surface area (Å²) in [4.78, 5) is 34.8. The Morgan fingerprint density at radius 2 is 1.70 bits per heavy atom. The van der Waals surface area contributed by atoms with Crippen molar-refractivity contribution in [3.05, 3.63) is 29.8 Å². The molecule has 2 heterocycles. The minimum atomic E-state index is -0.864. The van der Waals surface area contributed by atoms with Gasteiger partial charge in [0.05, 0.1) is 5.69 Å². The van der Waals surface area contributed by atoms with Crippen LogP contribution in [0, 0.1) is 5.92 Å². The second-order valence-corrected chi connectivity index (χ2v) is 8.95. The van der Waals surface area contributed by atoms with Gasteiger partial charge in [-0.05, 0) is 43.7 Å². The third-order valence-electron chi connectivity index (χ3n) is 6.72. The molecule has 6 heteroatoms. The van der Waals surface area contributed by atoms with Crippen LogP contribution in [0.2, 0.25) is 0 Å². The van der Waals surface area contributed by atoms with Gasteiger partial charge in [0.15, 0.2) is 0 Å². The van der Waals surface area contributed by atoms with Crippen molar-refractivity contribution >= 4 is 23.3 Å². The Morgan fingerprint density at radius 1 is 1.03 bits per heavy atom. The fourth-order valence-corrected chi connectivity index (χ4v) is 5.00. The van der Waals surface area contributed by atoms with Crippen molar-refractivity contribution in [2.45, 2.75) is 70.4 Å². The van der Waals surface area contributed by atoms with E-state index >= 15 is 0 Å². The molecule has 2 aliphatic heterocycles. The molecule has 0 spiro atoms. The standard InChI is InChI=1S/C24H34N4O2/c1-27-20-14-8-7-13-19(20)23(28-15-9-2-3-10-16-28)26-22(24(27)30)25-21(29)17-18-11-5-4-6-12-18/h7-8,13-14,18,22H,2-6,9-12,15-17H2,1H3,(H,25,29). The number of anilines is 1. The van der Waals surface area contributed by atoms with Gasteiger partial charge in [0.1, 0.15) is 5.84 Å². The van der Waals surface area contributed by atoms with Crippen molar-refractivity contribution in [1.82, 2.24) is 10.2 Å². The number of nitrogens with one attached hydrogen (secondary N) is 1. The summed E-state index contributed by atoms with van der Waals surface area (Å²) in [6, 6.07) is 7.94. The van der Waals surface area contributed by atoms with Crippen molar-refractivity contribution < 1.29 is 9.59 Å². The zero-order valence-electron chi connectivity index (χ0n) is 18.1. The fourth-order valence-electron chi connectivity index (χ4n) is 5.00. The summed E-state index contributed by atoms with van der Waals surface area (Å²) in [6.07, 6.45) is 10.2.